The van der Waals surface area contributed by atoms with Crippen molar-refractivity contribution in [3.63, 3.8) is 0 Å². The predicted molar refractivity (Wildman–Crippen MR) is 94.0 cm³/mol. The molecule has 144 valence electrons. The number of aryl methyl sites for hydroxylation is 1. The van der Waals surface area contributed by atoms with Crippen LogP contribution in [0.15, 0.2) is 6.07 Å². The Kier molecular flexibility index (Phi) is 5.90. The first kappa shape index (κ1) is 20.0. The van der Waals surface area contributed by atoms with Crippen molar-refractivity contribution in [3.8, 4) is 0 Å². The van der Waals surface area contributed by atoms with E-state index in [9.17, 15) is 24.5 Å². The van der Waals surface area contributed by atoms with Crippen LogP contribution in [0.25, 0.3) is 0 Å². The van der Waals surface area contributed by atoms with Crippen LogP contribution in [0.3, 0.4) is 0 Å². The maximum absolute atomic E-state index is 12.3. The summed E-state index contributed by atoms with van der Waals surface area (Å²) in [5, 5.41) is 17.1. The quantitative estimate of drug-likeness (QED) is 0.441. The van der Waals surface area contributed by atoms with Crippen LogP contribution in [0, 0.1) is 24.0 Å². The second kappa shape index (κ2) is 7.95. The van der Waals surface area contributed by atoms with Crippen LogP contribution < -0.4 is 5.32 Å². The lowest BCUT2D eigenvalue weighted by atomic mass is 10.1. The summed E-state index contributed by atoms with van der Waals surface area (Å²) in [4.78, 5) is 46.5. The fourth-order valence-corrected chi connectivity index (χ4v) is 3.41. The first-order chi connectivity index (χ1) is 12.7. The van der Waals surface area contributed by atoms with Crippen molar-refractivity contribution in [2.24, 2.45) is 0 Å². The van der Waals surface area contributed by atoms with Gasteiger partial charge in [0.05, 0.1) is 36.6 Å². The zero-order chi connectivity index (χ0) is 20.3. The number of thiophene rings is 1. The van der Waals surface area contributed by atoms with E-state index in [-0.39, 0.29) is 27.8 Å². The van der Waals surface area contributed by atoms with Gasteiger partial charge < -0.3 is 24.9 Å². The zero-order valence-corrected chi connectivity index (χ0v) is 15.7. The third kappa shape index (κ3) is 4.11. The van der Waals surface area contributed by atoms with E-state index >= 15 is 0 Å². The van der Waals surface area contributed by atoms with Crippen LogP contribution >= 0.6 is 11.3 Å². The standard InChI is InChI=1S/C15H16N4O7S/c1-7-5-9(19(23)24)17-18(7)6-10(20)16-13-11(14(21)25-3)8(2)12(27-13)15(22)26-4/h5H,6H2,1-4H3,(H,16,20). The molecule has 0 atom stereocenters. The van der Waals surface area contributed by atoms with Gasteiger partial charge in [0.2, 0.25) is 5.91 Å². The van der Waals surface area contributed by atoms with Crippen LogP contribution in [-0.4, -0.2) is 46.8 Å². The molecule has 11 nitrogen and oxygen atoms in total. The van der Waals surface area contributed by atoms with Crippen molar-refractivity contribution in [1.82, 2.24) is 9.78 Å². The minimum absolute atomic E-state index is 0.0411. The highest BCUT2D eigenvalue weighted by Gasteiger charge is 2.27. The van der Waals surface area contributed by atoms with Crippen LogP contribution in [-0.2, 0) is 20.8 Å². The van der Waals surface area contributed by atoms with E-state index < -0.39 is 22.8 Å². The molecule has 0 aliphatic carbocycles. The SMILES string of the molecule is COC(=O)c1sc(NC(=O)Cn2nc([N+](=O)[O-])cc2C)c(C(=O)OC)c1C. The van der Waals surface area contributed by atoms with Gasteiger partial charge in [0, 0.05) is 0 Å². The van der Waals surface area contributed by atoms with Crippen LogP contribution in [0.2, 0.25) is 0 Å². The lowest BCUT2D eigenvalue weighted by Gasteiger charge is -2.05. The molecular weight excluding hydrogens is 380 g/mol. The number of esters is 2. The van der Waals surface area contributed by atoms with E-state index in [1.165, 1.54) is 27.2 Å². The molecule has 2 aromatic heterocycles. The Morgan fingerprint density at radius 3 is 2.41 bits per heavy atom. The molecule has 0 radical (unpaired) electrons. The Labute approximate surface area is 157 Å². The summed E-state index contributed by atoms with van der Waals surface area (Å²) in [5.74, 6) is -2.34. The van der Waals surface area contributed by atoms with Crippen molar-refractivity contribution in [3.05, 3.63) is 37.9 Å². The largest absolute Gasteiger partial charge is 0.465 e. The van der Waals surface area contributed by atoms with Gasteiger partial charge in [-0.2, -0.15) is 4.68 Å². The monoisotopic (exact) mass is 396 g/mol. The first-order valence-corrected chi connectivity index (χ1v) is 8.29. The Balaban J connectivity index is 2.30. The third-order valence-corrected chi connectivity index (χ3v) is 4.80. The highest BCUT2D eigenvalue weighted by Crippen LogP contribution is 2.34. The number of carbonyl (C=O) groups excluding carboxylic acids is 3. The number of nitrogens with one attached hydrogen (secondary N) is 1. The van der Waals surface area contributed by atoms with Crippen LogP contribution in [0.1, 0.15) is 31.3 Å². The average Bonchev–Trinajstić information content (AvgIpc) is 3.14. The molecule has 0 fully saturated rings. The van der Waals surface area contributed by atoms with Crippen molar-refractivity contribution in [2.45, 2.75) is 20.4 Å². The molecule has 27 heavy (non-hydrogen) atoms. The molecule has 0 spiro atoms. The number of hydrogen-bond donors (Lipinski definition) is 1. The number of methoxy groups -OCH3 is 2. The second-order valence-electron chi connectivity index (χ2n) is 5.35. The molecule has 0 saturated heterocycles. The smallest absolute Gasteiger partial charge is 0.390 e. The van der Waals surface area contributed by atoms with Gasteiger partial charge in [0.15, 0.2) is 0 Å². The Morgan fingerprint density at radius 2 is 1.89 bits per heavy atom. The van der Waals surface area contributed by atoms with E-state index in [0.29, 0.717) is 11.3 Å². The van der Waals surface area contributed by atoms with Gasteiger partial charge in [-0.3, -0.25) is 4.79 Å². The molecule has 0 aliphatic rings. The number of hydrogen-bond acceptors (Lipinski definition) is 9. The van der Waals surface area contributed by atoms with Crippen molar-refractivity contribution in [1.29, 1.82) is 0 Å². The summed E-state index contributed by atoms with van der Waals surface area (Å²) in [7, 11) is 2.38. The normalized spacial score (nSPS) is 10.4. The molecule has 1 amide bonds. The molecule has 2 rings (SSSR count). The van der Waals surface area contributed by atoms with Gasteiger partial charge in [0.1, 0.15) is 16.4 Å². The van der Waals surface area contributed by atoms with Crippen molar-refractivity contribution < 1.29 is 28.8 Å². The summed E-state index contributed by atoms with van der Waals surface area (Å²) in [5.41, 5.74) is 0.780. The number of carbonyl (C=O) groups is 3. The van der Waals surface area contributed by atoms with E-state index in [0.717, 1.165) is 16.0 Å². The average molecular weight is 396 g/mol. The number of rotatable bonds is 6. The molecule has 12 heteroatoms. The number of aromatic nitrogens is 2. The minimum Gasteiger partial charge on any atom is -0.465 e. The van der Waals surface area contributed by atoms with Gasteiger partial charge in [-0.15, -0.1) is 11.3 Å². The van der Waals surface area contributed by atoms with E-state index in [1.54, 1.807) is 6.92 Å². The van der Waals surface area contributed by atoms with E-state index in [4.69, 9.17) is 4.74 Å². The summed E-state index contributed by atoms with van der Waals surface area (Å²) in [6.45, 7) is 2.79. The van der Waals surface area contributed by atoms with Gasteiger partial charge >= 0.3 is 17.8 Å². The van der Waals surface area contributed by atoms with E-state index in [2.05, 4.69) is 15.2 Å². The summed E-state index contributed by atoms with van der Waals surface area (Å²) < 4.78 is 10.5. The van der Waals surface area contributed by atoms with Crippen LogP contribution in [0.4, 0.5) is 10.8 Å². The topological polar surface area (TPSA) is 143 Å². The lowest BCUT2D eigenvalue weighted by molar-refractivity contribution is -0.389. The fourth-order valence-electron chi connectivity index (χ4n) is 2.28. The summed E-state index contributed by atoms with van der Waals surface area (Å²) >= 11 is 0.870. The highest BCUT2D eigenvalue weighted by molar-refractivity contribution is 7.18. The fraction of sp³-hybridized carbons (Fsp3) is 0.333. The molecule has 0 bridgehead atoms. The maximum Gasteiger partial charge on any atom is 0.390 e. The second-order valence-corrected chi connectivity index (χ2v) is 6.37. The molecule has 0 aliphatic heterocycles. The van der Waals surface area contributed by atoms with E-state index in [1.807, 2.05) is 0 Å². The number of anilines is 1. The number of nitrogens with zero attached hydrogens (tertiary/aromatic N) is 3. The molecular formula is C15H16N4O7S. The molecule has 2 aromatic rings. The number of nitro groups is 1. The molecule has 1 N–H and O–H groups in total. The van der Waals surface area contributed by atoms with Crippen LogP contribution in [0.5, 0.6) is 0 Å². The van der Waals surface area contributed by atoms with Gasteiger partial charge in [-0.25, -0.2) is 9.59 Å². The number of amides is 1. The zero-order valence-electron chi connectivity index (χ0n) is 14.9. The Hall–Kier alpha value is -3.28. The van der Waals surface area contributed by atoms with Gasteiger partial charge in [-0.1, -0.05) is 0 Å². The molecule has 0 aromatic carbocycles. The van der Waals surface area contributed by atoms with Gasteiger partial charge in [-0.05, 0) is 24.3 Å². The highest BCUT2D eigenvalue weighted by atomic mass is 32.1. The lowest BCUT2D eigenvalue weighted by Crippen LogP contribution is -2.21. The van der Waals surface area contributed by atoms with Crippen molar-refractivity contribution >= 4 is 40.0 Å². The maximum atomic E-state index is 12.3. The summed E-state index contributed by atoms with van der Waals surface area (Å²) in [6, 6.07) is 1.23. The van der Waals surface area contributed by atoms with Gasteiger partial charge in [0.25, 0.3) is 0 Å². The first-order valence-electron chi connectivity index (χ1n) is 7.48. The molecule has 0 saturated carbocycles. The minimum atomic E-state index is -0.722. The molecule has 0 unspecified atom stereocenters. The predicted octanol–water partition coefficient (Wildman–Crippen LogP) is 1.68. The number of ether oxygens (including phenoxy) is 2. The van der Waals surface area contributed by atoms with Crippen molar-refractivity contribution in [2.75, 3.05) is 19.5 Å². The Bertz CT molecular complexity index is 931. The third-order valence-electron chi connectivity index (χ3n) is 3.61. The summed E-state index contributed by atoms with van der Waals surface area (Å²) in [6.07, 6.45) is 0. The molecule has 2 heterocycles. The Morgan fingerprint density at radius 1 is 1.26 bits per heavy atom.